The van der Waals surface area contributed by atoms with E-state index < -0.39 is 0 Å². The Hall–Kier alpha value is -2.70. The van der Waals surface area contributed by atoms with Gasteiger partial charge in [0.25, 0.3) is 0 Å². The van der Waals surface area contributed by atoms with Gasteiger partial charge in [-0.3, -0.25) is 10.3 Å². The number of nitrogens with one attached hydrogen (secondary N) is 2. The fourth-order valence-corrected chi connectivity index (χ4v) is 3.48. The van der Waals surface area contributed by atoms with Crippen molar-refractivity contribution in [1.82, 2.24) is 9.97 Å². The molecule has 1 saturated heterocycles. The third kappa shape index (κ3) is 4.02. The fourth-order valence-electron chi connectivity index (χ4n) is 3.26. The highest BCUT2D eigenvalue weighted by Crippen LogP contribution is 2.28. The van der Waals surface area contributed by atoms with Crippen LogP contribution in [-0.2, 0) is 4.74 Å². The topological polar surface area (TPSA) is 76.1 Å². The average Bonchev–Trinajstić information content (AvgIpc) is 2.70. The predicted molar refractivity (Wildman–Crippen MR) is 106 cm³/mol. The van der Waals surface area contributed by atoms with Crippen molar-refractivity contribution in [3.8, 4) is 0 Å². The minimum Gasteiger partial charge on any atom is -0.381 e. The summed E-state index contributed by atoms with van der Waals surface area (Å²) in [5, 5.41) is 6.98. The van der Waals surface area contributed by atoms with E-state index in [2.05, 4.69) is 20.6 Å². The van der Waals surface area contributed by atoms with Gasteiger partial charge in [-0.1, -0.05) is 29.8 Å². The maximum atomic E-state index is 12.5. The Bertz CT molecular complexity index is 973. The molecule has 1 aliphatic heterocycles. The molecule has 2 N–H and O–H groups in total. The largest absolute Gasteiger partial charge is 0.381 e. The van der Waals surface area contributed by atoms with Crippen molar-refractivity contribution in [1.29, 1.82) is 0 Å². The van der Waals surface area contributed by atoms with Gasteiger partial charge in [0.05, 0.1) is 16.2 Å². The predicted octanol–water partition coefficient (Wildman–Crippen LogP) is 4.82. The number of aromatic nitrogens is 2. The van der Waals surface area contributed by atoms with Crippen LogP contribution in [0.3, 0.4) is 0 Å². The van der Waals surface area contributed by atoms with Crippen LogP contribution in [0, 0.1) is 0 Å². The minimum atomic E-state index is -0.362. The van der Waals surface area contributed by atoms with E-state index in [1.54, 1.807) is 24.4 Å². The van der Waals surface area contributed by atoms with Crippen molar-refractivity contribution in [3.05, 3.63) is 59.4 Å². The molecule has 0 saturated carbocycles. The Labute approximate surface area is 161 Å². The molecule has 0 spiro atoms. The zero-order valence-electron chi connectivity index (χ0n) is 14.6. The number of amides is 2. The maximum absolute atomic E-state index is 12.5. The van der Waals surface area contributed by atoms with E-state index in [1.165, 1.54) is 0 Å². The van der Waals surface area contributed by atoms with Gasteiger partial charge in [0, 0.05) is 36.4 Å². The monoisotopic (exact) mass is 382 g/mol. The number of rotatable bonds is 3. The van der Waals surface area contributed by atoms with Gasteiger partial charge in [-0.2, -0.15) is 0 Å². The Morgan fingerprint density at radius 3 is 2.74 bits per heavy atom. The highest BCUT2D eigenvalue weighted by molar-refractivity contribution is 6.35. The molecule has 1 fully saturated rings. The zero-order valence-corrected chi connectivity index (χ0v) is 15.4. The molecule has 2 aromatic heterocycles. The lowest BCUT2D eigenvalue weighted by Gasteiger charge is -2.21. The van der Waals surface area contributed by atoms with Gasteiger partial charge in [0.1, 0.15) is 5.82 Å². The molecule has 7 heteroatoms. The number of para-hydroxylation sites is 1. The van der Waals surface area contributed by atoms with Crippen LogP contribution in [0.2, 0.25) is 5.02 Å². The normalized spacial score (nSPS) is 14.9. The van der Waals surface area contributed by atoms with Crippen molar-refractivity contribution in [2.75, 3.05) is 23.8 Å². The van der Waals surface area contributed by atoms with Crippen LogP contribution in [0.1, 0.15) is 24.5 Å². The van der Waals surface area contributed by atoms with E-state index in [9.17, 15) is 4.79 Å². The summed E-state index contributed by atoms with van der Waals surface area (Å²) < 4.78 is 5.40. The number of ether oxygens (including phenoxy) is 1. The summed E-state index contributed by atoms with van der Waals surface area (Å²) in [6.45, 7) is 1.50. The number of hydrogen-bond donors (Lipinski definition) is 2. The van der Waals surface area contributed by atoms with Gasteiger partial charge >= 0.3 is 6.03 Å². The smallest absolute Gasteiger partial charge is 0.324 e. The van der Waals surface area contributed by atoms with Gasteiger partial charge in [0.2, 0.25) is 0 Å². The van der Waals surface area contributed by atoms with Crippen molar-refractivity contribution < 1.29 is 9.53 Å². The van der Waals surface area contributed by atoms with Gasteiger partial charge in [0.15, 0.2) is 0 Å². The zero-order chi connectivity index (χ0) is 18.6. The van der Waals surface area contributed by atoms with Crippen LogP contribution in [0.25, 0.3) is 10.9 Å². The molecule has 0 radical (unpaired) electrons. The summed E-state index contributed by atoms with van der Waals surface area (Å²) in [6, 6.07) is 12.5. The first-order valence-corrected chi connectivity index (χ1v) is 9.24. The summed E-state index contributed by atoms with van der Waals surface area (Å²) in [7, 11) is 0. The second-order valence-corrected chi connectivity index (χ2v) is 6.82. The number of carbonyl (C=O) groups excluding carboxylic acids is 1. The quantitative estimate of drug-likeness (QED) is 0.680. The first-order valence-electron chi connectivity index (χ1n) is 8.86. The van der Waals surface area contributed by atoms with Crippen LogP contribution in [0.4, 0.5) is 16.3 Å². The van der Waals surface area contributed by atoms with Gasteiger partial charge < -0.3 is 10.1 Å². The number of fused-ring (bicyclic) bond motifs is 1. The number of pyridine rings is 2. The van der Waals surface area contributed by atoms with Crippen molar-refractivity contribution in [2.45, 2.75) is 18.8 Å². The molecular formula is C20H19ClN4O2. The van der Waals surface area contributed by atoms with E-state index in [4.69, 9.17) is 16.3 Å². The first-order chi connectivity index (χ1) is 13.2. The lowest BCUT2D eigenvalue weighted by molar-refractivity contribution is 0.0845. The molecule has 0 atom stereocenters. The minimum absolute atomic E-state index is 0.362. The third-order valence-electron chi connectivity index (χ3n) is 4.62. The first kappa shape index (κ1) is 17.7. The molecule has 2 amide bonds. The molecule has 0 aliphatic carbocycles. The molecule has 3 heterocycles. The van der Waals surface area contributed by atoms with E-state index in [0.29, 0.717) is 28.0 Å². The Morgan fingerprint density at radius 2 is 1.89 bits per heavy atom. The van der Waals surface area contributed by atoms with Gasteiger partial charge in [-0.25, -0.2) is 9.78 Å². The number of hydrogen-bond acceptors (Lipinski definition) is 4. The number of benzene rings is 1. The second-order valence-electron chi connectivity index (χ2n) is 6.41. The second kappa shape index (κ2) is 7.90. The molecule has 1 aliphatic rings. The number of nitrogens with zero attached hydrogens (tertiary/aromatic N) is 2. The van der Waals surface area contributed by atoms with Crippen molar-refractivity contribution >= 4 is 40.0 Å². The van der Waals surface area contributed by atoms with Crippen LogP contribution < -0.4 is 10.6 Å². The molecule has 4 rings (SSSR count). The highest BCUT2D eigenvalue weighted by Gasteiger charge is 2.17. The lowest BCUT2D eigenvalue weighted by Crippen LogP contribution is -2.21. The molecule has 6 nitrogen and oxygen atoms in total. The molecule has 27 heavy (non-hydrogen) atoms. The lowest BCUT2D eigenvalue weighted by atomic mass is 9.96. The SMILES string of the molecule is O=C(Nc1cccc(C2CCOCC2)n1)Nc1ccnc2c(Cl)cccc12. The number of halogens is 1. The summed E-state index contributed by atoms with van der Waals surface area (Å²) in [4.78, 5) is 21.3. The summed E-state index contributed by atoms with van der Waals surface area (Å²) in [5.41, 5.74) is 2.27. The average molecular weight is 383 g/mol. The molecule has 138 valence electrons. The van der Waals surface area contributed by atoms with Crippen molar-refractivity contribution in [3.63, 3.8) is 0 Å². The molecule has 3 aromatic rings. The maximum Gasteiger partial charge on any atom is 0.324 e. The van der Waals surface area contributed by atoms with E-state index in [0.717, 1.165) is 37.1 Å². The van der Waals surface area contributed by atoms with Crippen LogP contribution in [-0.4, -0.2) is 29.2 Å². The van der Waals surface area contributed by atoms with Gasteiger partial charge in [-0.15, -0.1) is 0 Å². The molecule has 0 unspecified atom stereocenters. The van der Waals surface area contributed by atoms with Crippen LogP contribution >= 0.6 is 11.6 Å². The molecule has 1 aromatic carbocycles. The summed E-state index contributed by atoms with van der Waals surface area (Å²) in [5.74, 6) is 0.891. The summed E-state index contributed by atoms with van der Waals surface area (Å²) in [6.07, 6.45) is 3.52. The number of urea groups is 1. The fraction of sp³-hybridized carbons (Fsp3) is 0.250. The Morgan fingerprint density at radius 1 is 1.07 bits per heavy atom. The van der Waals surface area contributed by atoms with E-state index >= 15 is 0 Å². The Balaban J connectivity index is 1.49. The Kier molecular flexibility index (Phi) is 5.18. The summed E-state index contributed by atoms with van der Waals surface area (Å²) >= 11 is 6.18. The highest BCUT2D eigenvalue weighted by atomic mass is 35.5. The van der Waals surface area contributed by atoms with Crippen molar-refractivity contribution in [2.24, 2.45) is 0 Å². The standard InChI is InChI=1S/C20H19ClN4O2/c21-15-4-1-3-14-17(7-10-22-19(14)15)24-20(26)25-18-6-2-5-16(23-18)13-8-11-27-12-9-13/h1-7,10,13H,8-9,11-12H2,(H2,22,23,24,25,26). The van der Waals surface area contributed by atoms with E-state index in [1.807, 2.05) is 24.3 Å². The number of carbonyl (C=O) groups is 1. The number of anilines is 2. The third-order valence-corrected chi connectivity index (χ3v) is 4.93. The molecule has 0 bridgehead atoms. The molecular weight excluding hydrogens is 364 g/mol. The van der Waals surface area contributed by atoms with Gasteiger partial charge in [-0.05, 0) is 37.1 Å². The van der Waals surface area contributed by atoms with Crippen LogP contribution in [0.15, 0.2) is 48.7 Å². The van der Waals surface area contributed by atoms with Crippen LogP contribution in [0.5, 0.6) is 0 Å². The van der Waals surface area contributed by atoms with E-state index in [-0.39, 0.29) is 6.03 Å².